The summed E-state index contributed by atoms with van der Waals surface area (Å²) in [7, 11) is 0. The molecule has 3 rings (SSSR count). The maximum Gasteiger partial charge on any atom is 0.408 e. The van der Waals surface area contributed by atoms with Crippen molar-refractivity contribution in [1.29, 1.82) is 0 Å². The number of benzene rings is 1. The van der Waals surface area contributed by atoms with Gasteiger partial charge in [0.1, 0.15) is 17.5 Å². The fourth-order valence-corrected chi connectivity index (χ4v) is 3.60. The first-order valence-corrected chi connectivity index (χ1v) is 10.1. The van der Waals surface area contributed by atoms with Crippen molar-refractivity contribution in [3.63, 3.8) is 0 Å². The molecular formula is C22H30N4O3. The number of amides is 2. The molecule has 0 radical (unpaired) electrons. The van der Waals surface area contributed by atoms with Crippen LogP contribution in [0.1, 0.15) is 45.6 Å². The van der Waals surface area contributed by atoms with Crippen molar-refractivity contribution in [3.8, 4) is 0 Å². The van der Waals surface area contributed by atoms with Crippen molar-refractivity contribution < 1.29 is 14.3 Å². The van der Waals surface area contributed by atoms with E-state index in [2.05, 4.69) is 10.3 Å². The molecule has 0 spiro atoms. The Bertz CT molecular complexity index is 885. The Kier molecular flexibility index (Phi) is 6.25. The molecule has 2 aromatic rings. The standard InChI is InChI=1S/C22H30N4O3/c1-22(2,3)29-21(28)25-18(20(27)26-11-5-4-6-12-26)14-15-7-8-17-16(13-15)9-10-24-19(17)23/h7-10,13,18H,4-6,11-12,14H2,1-3H3,(H2,23,24)(H,25,28). The van der Waals surface area contributed by atoms with Gasteiger partial charge in [-0.2, -0.15) is 0 Å². The minimum atomic E-state index is -0.681. The third-order valence-corrected chi connectivity index (χ3v) is 4.96. The predicted molar refractivity (Wildman–Crippen MR) is 113 cm³/mol. The molecule has 0 bridgehead atoms. The molecule has 0 aliphatic carbocycles. The van der Waals surface area contributed by atoms with Crippen molar-refractivity contribution in [3.05, 3.63) is 36.0 Å². The second-order valence-corrected chi connectivity index (χ2v) is 8.54. The van der Waals surface area contributed by atoms with Crippen LogP contribution >= 0.6 is 0 Å². The van der Waals surface area contributed by atoms with Gasteiger partial charge >= 0.3 is 6.09 Å². The number of hydrogen-bond acceptors (Lipinski definition) is 5. The number of fused-ring (bicyclic) bond motifs is 1. The van der Waals surface area contributed by atoms with Crippen LogP contribution in [0.25, 0.3) is 10.8 Å². The largest absolute Gasteiger partial charge is 0.444 e. The second kappa shape index (κ2) is 8.68. The summed E-state index contributed by atoms with van der Waals surface area (Å²) in [5.74, 6) is 0.409. The highest BCUT2D eigenvalue weighted by Crippen LogP contribution is 2.21. The Balaban J connectivity index is 1.81. The van der Waals surface area contributed by atoms with Crippen LogP contribution in [-0.2, 0) is 16.0 Å². The summed E-state index contributed by atoms with van der Waals surface area (Å²) in [5, 5.41) is 4.61. The zero-order chi connectivity index (χ0) is 21.0. The van der Waals surface area contributed by atoms with E-state index in [9.17, 15) is 9.59 Å². The lowest BCUT2D eigenvalue weighted by Gasteiger charge is -2.31. The van der Waals surface area contributed by atoms with Crippen molar-refractivity contribution in [1.82, 2.24) is 15.2 Å². The number of nitrogens with two attached hydrogens (primary N) is 1. The quantitative estimate of drug-likeness (QED) is 0.824. The number of hydrogen-bond donors (Lipinski definition) is 2. The Morgan fingerprint density at radius 3 is 2.62 bits per heavy atom. The monoisotopic (exact) mass is 398 g/mol. The lowest BCUT2D eigenvalue weighted by Crippen LogP contribution is -2.51. The van der Waals surface area contributed by atoms with Crippen molar-refractivity contribution in [2.45, 2.75) is 58.1 Å². The van der Waals surface area contributed by atoms with E-state index in [-0.39, 0.29) is 5.91 Å². The van der Waals surface area contributed by atoms with Crippen LogP contribution in [0.4, 0.5) is 10.6 Å². The number of aromatic nitrogens is 1. The number of ether oxygens (including phenoxy) is 1. The first-order valence-electron chi connectivity index (χ1n) is 10.1. The molecule has 29 heavy (non-hydrogen) atoms. The maximum absolute atomic E-state index is 13.1. The second-order valence-electron chi connectivity index (χ2n) is 8.54. The molecule has 3 N–H and O–H groups in total. The molecule has 1 aliphatic rings. The first kappa shape index (κ1) is 20.9. The van der Waals surface area contributed by atoms with Crippen molar-refractivity contribution >= 4 is 28.6 Å². The number of pyridine rings is 1. The van der Waals surface area contributed by atoms with Gasteiger partial charge in [0.2, 0.25) is 5.91 Å². The topological polar surface area (TPSA) is 97.5 Å². The maximum atomic E-state index is 13.1. The number of carbonyl (C=O) groups excluding carboxylic acids is 2. The Hall–Kier alpha value is -2.83. The molecular weight excluding hydrogens is 368 g/mol. The van der Waals surface area contributed by atoms with Crippen LogP contribution in [0.15, 0.2) is 30.5 Å². The lowest BCUT2D eigenvalue weighted by molar-refractivity contribution is -0.134. The normalized spacial score (nSPS) is 15.8. The highest BCUT2D eigenvalue weighted by molar-refractivity contribution is 5.91. The number of nitrogen functional groups attached to an aromatic ring is 1. The number of piperidine rings is 1. The van der Waals surface area contributed by atoms with Crippen LogP contribution in [0.2, 0.25) is 0 Å². The molecule has 1 atom stereocenters. The zero-order valence-electron chi connectivity index (χ0n) is 17.4. The van der Waals surface area contributed by atoms with Gasteiger partial charge in [-0.25, -0.2) is 9.78 Å². The van der Waals surface area contributed by atoms with E-state index in [0.717, 1.165) is 48.7 Å². The average molecular weight is 399 g/mol. The molecule has 1 aromatic heterocycles. The van der Waals surface area contributed by atoms with Gasteiger partial charge in [0.05, 0.1) is 0 Å². The van der Waals surface area contributed by atoms with E-state index >= 15 is 0 Å². The van der Waals surface area contributed by atoms with E-state index in [1.807, 2.05) is 29.2 Å². The van der Waals surface area contributed by atoms with Gasteiger partial charge in [-0.3, -0.25) is 4.79 Å². The van der Waals surface area contributed by atoms with E-state index in [1.54, 1.807) is 27.0 Å². The number of likely N-dealkylation sites (tertiary alicyclic amines) is 1. The number of nitrogens with zero attached hydrogens (tertiary/aromatic N) is 2. The molecule has 2 amide bonds. The van der Waals surface area contributed by atoms with Gasteiger partial charge in [-0.1, -0.05) is 18.2 Å². The van der Waals surface area contributed by atoms with Crippen molar-refractivity contribution in [2.75, 3.05) is 18.8 Å². The van der Waals surface area contributed by atoms with E-state index < -0.39 is 17.7 Å². The third-order valence-electron chi connectivity index (χ3n) is 4.96. The van der Waals surface area contributed by atoms with E-state index in [4.69, 9.17) is 10.5 Å². The SMILES string of the molecule is CC(C)(C)OC(=O)NC(Cc1ccc2c(N)nccc2c1)C(=O)N1CCCCC1. The van der Waals surface area contributed by atoms with Crippen LogP contribution < -0.4 is 11.1 Å². The molecule has 1 aromatic carbocycles. The highest BCUT2D eigenvalue weighted by Gasteiger charge is 2.29. The predicted octanol–water partition coefficient (Wildman–Crippen LogP) is 3.27. The van der Waals surface area contributed by atoms with Gasteiger partial charge < -0.3 is 20.7 Å². The Morgan fingerprint density at radius 2 is 1.93 bits per heavy atom. The molecule has 1 aliphatic heterocycles. The average Bonchev–Trinajstić information content (AvgIpc) is 2.66. The molecule has 7 nitrogen and oxygen atoms in total. The number of alkyl carbamates (subject to hydrolysis) is 1. The first-order chi connectivity index (χ1) is 13.7. The molecule has 2 heterocycles. The van der Waals surface area contributed by atoms with Gasteiger partial charge in [-0.05, 0) is 57.0 Å². The van der Waals surface area contributed by atoms with Crippen LogP contribution in [-0.4, -0.2) is 46.6 Å². The molecule has 156 valence electrons. The summed E-state index contributed by atoms with van der Waals surface area (Å²) >= 11 is 0. The third kappa shape index (κ3) is 5.59. The van der Waals surface area contributed by atoms with Crippen molar-refractivity contribution in [2.24, 2.45) is 0 Å². The van der Waals surface area contributed by atoms with Crippen LogP contribution in [0.5, 0.6) is 0 Å². The minimum Gasteiger partial charge on any atom is -0.444 e. The molecule has 0 saturated carbocycles. The summed E-state index contributed by atoms with van der Waals surface area (Å²) in [6, 6.07) is 7.02. The van der Waals surface area contributed by atoms with Gasteiger partial charge in [0.25, 0.3) is 0 Å². The molecule has 1 saturated heterocycles. The summed E-state index contributed by atoms with van der Waals surface area (Å²) in [4.78, 5) is 31.5. The summed E-state index contributed by atoms with van der Waals surface area (Å²) in [6.07, 6.45) is 4.58. The number of nitrogens with one attached hydrogen (secondary N) is 1. The fourth-order valence-electron chi connectivity index (χ4n) is 3.60. The zero-order valence-corrected chi connectivity index (χ0v) is 17.4. The van der Waals surface area contributed by atoms with E-state index in [1.165, 1.54) is 0 Å². The summed E-state index contributed by atoms with van der Waals surface area (Å²) in [6.45, 7) is 6.86. The Morgan fingerprint density at radius 1 is 1.21 bits per heavy atom. The smallest absolute Gasteiger partial charge is 0.408 e. The molecule has 1 fully saturated rings. The molecule has 7 heteroatoms. The van der Waals surface area contributed by atoms with E-state index in [0.29, 0.717) is 12.2 Å². The molecule has 1 unspecified atom stereocenters. The minimum absolute atomic E-state index is 0.0649. The summed E-state index contributed by atoms with van der Waals surface area (Å²) < 4.78 is 5.38. The lowest BCUT2D eigenvalue weighted by atomic mass is 10.0. The van der Waals surface area contributed by atoms with Crippen LogP contribution in [0, 0.1) is 0 Å². The number of rotatable bonds is 4. The Labute approximate surface area is 171 Å². The highest BCUT2D eigenvalue weighted by atomic mass is 16.6. The number of anilines is 1. The van der Waals surface area contributed by atoms with Gasteiger partial charge in [0, 0.05) is 31.1 Å². The van der Waals surface area contributed by atoms with Crippen LogP contribution in [0.3, 0.4) is 0 Å². The fraction of sp³-hybridized carbons (Fsp3) is 0.500. The number of carbonyl (C=O) groups is 2. The van der Waals surface area contributed by atoms with Gasteiger partial charge in [0.15, 0.2) is 0 Å². The van der Waals surface area contributed by atoms with Gasteiger partial charge in [-0.15, -0.1) is 0 Å². The summed E-state index contributed by atoms with van der Waals surface area (Å²) in [5.41, 5.74) is 6.24.